The van der Waals surface area contributed by atoms with Gasteiger partial charge >= 0.3 is 0 Å². The highest BCUT2D eigenvalue weighted by atomic mass is 16.1. The van der Waals surface area contributed by atoms with Crippen LogP contribution in [-0.2, 0) is 4.79 Å². The molecule has 0 heterocycles. The third kappa shape index (κ3) is 0.961. The van der Waals surface area contributed by atoms with Crippen LogP contribution in [0.4, 0.5) is 0 Å². The van der Waals surface area contributed by atoms with Crippen LogP contribution in [0.1, 0.15) is 33.1 Å². The number of fused-ring (bicyclic) bond motifs is 1. The predicted octanol–water partition coefficient (Wildman–Crippen LogP) is 2.63. The summed E-state index contributed by atoms with van der Waals surface area (Å²) in [6.07, 6.45) is 7.43. The molecule has 1 heteroatoms. The summed E-state index contributed by atoms with van der Waals surface area (Å²) in [5.41, 5.74) is 2.16. The summed E-state index contributed by atoms with van der Waals surface area (Å²) >= 11 is 0. The van der Waals surface area contributed by atoms with Crippen molar-refractivity contribution in [3.05, 3.63) is 23.3 Å². The minimum atomic E-state index is -0.137. The van der Waals surface area contributed by atoms with Crippen molar-refractivity contribution in [1.29, 1.82) is 0 Å². The summed E-state index contributed by atoms with van der Waals surface area (Å²) in [4.78, 5) is 11.8. The second-order valence-electron chi connectivity index (χ2n) is 4.31. The summed E-state index contributed by atoms with van der Waals surface area (Å²) in [5.74, 6) is 0.341. The highest BCUT2D eigenvalue weighted by molar-refractivity contribution is 6.06. The summed E-state index contributed by atoms with van der Waals surface area (Å²) in [7, 11) is 0. The molecule has 0 amide bonds. The van der Waals surface area contributed by atoms with E-state index in [-0.39, 0.29) is 5.41 Å². The van der Waals surface area contributed by atoms with Gasteiger partial charge in [-0.1, -0.05) is 26.0 Å². The lowest BCUT2D eigenvalue weighted by molar-refractivity contribution is -0.121. The molecule has 0 atom stereocenters. The molecular formula is C11H14O. The molecule has 0 aromatic rings. The monoisotopic (exact) mass is 162 g/mol. The Balaban J connectivity index is 2.44. The molecular weight excluding hydrogens is 148 g/mol. The summed E-state index contributed by atoms with van der Waals surface area (Å²) in [6, 6.07) is 0. The van der Waals surface area contributed by atoms with Crippen molar-refractivity contribution < 1.29 is 4.79 Å². The van der Waals surface area contributed by atoms with E-state index in [2.05, 4.69) is 12.2 Å². The number of carbonyl (C=O) groups is 1. The van der Waals surface area contributed by atoms with Gasteiger partial charge < -0.3 is 0 Å². The zero-order valence-electron chi connectivity index (χ0n) is 7.68. The smallest absolute Gasteiger partial charge is 0.168 e. The van der Waals surface area contributed by atoms with Gasteiger partial charge in [-0.3, -0.25) is 4.79 Å². The van der Waals surface area contributed by atoms with Crippen LogP contribution in [-0.4, -0.2) is 5.78 Å². The van der Waals surface area contributed by atoms with Gasteiger partial charge in [0.15, 0.2) is 5.78 Å². The molecule has 0 bridgehead atoms. The van der Waals surface area contributed by atoms with Crippen molar-refractivity contribution in [2.75, 3.05) is 0 Å². The van der Waals surface area contributed by atoms with Gasteiger partial charge in [-0.2, -0.15) is 0 Å². The van der Waals surface area contributed by atoms with E-state index in [4.69, 9.17) is 0 Å². The zero-order valence-corrected chi connectivity index (χ0v) is 7.68. The lowest BCUT2D eigenvalue weighted by Crippen LogP contribution is -2.17. The van der Waals surface area contributed by atoms with Crippen molar-refractivity contribution in [3.63, 3.8) is 0 Å². The molecule has 0 radical (unpaired) electrons. The Morgan fingerprint density at radius 1 is 1.25 bits per heavy atom. The fourth-order valence-corrected chi connectivity index (χ4v) is 2.05. The van der Waals surface area contributed by atoms with Gasteiger partial charge in [-0.05, 0) is 24.8 Å². The Morgan fingerprint density at radius 3 is 2.58 bits per heavy atom. The van der Waals surface area contributed by atoms with Crippen molar-refractivity contribution in [1.82, 2.24) is 0 Å². The Bertz CT molecular complexity index is 292. The van der Waals surface area contributed by atoms with Gasteiger partial charge in [0, 0.05) is 11.0 Å². The van der Waals surface area contributed by atoms with Gasteiger partial charge in [0.05, 0.1) is 0 Å². The minimum absolute atomic E-state index is 0.137. The van der Waals surface area contributed by atoms with Crippen LogP contribution in [0.5, 0.6) is 0 Å². The fraction of sp³-hybridized carbons (Fsp3) is 0.545. The average Bonchev–Trinajstić information content (AvgIpc) is 2.24. The van der Waals surface area contributed by atoms with Crippen LogP contribution in [0.3, 0.4) is 0 Å². The van der Waals surface area contributed by atoms with Crippen LogP contribution in [0.2, 0.25) is 0 Å². The highest BCUT2D eigenvalue weighted by Gasteiger charge is 2.39. The Hall–Kier alpha value is -0.850. The first kappa shape index (κ1) is 7.78. The molecule has 0 N–H and O–H groups in total. The molecule has 12 heavy (non-hydrogen) atoms. The molecule has 2 aliphatic carbocycles. The van der Waals surface area contributed by atoms with Gasteiger partial charge in [-0.25, -0.2) is 0 Å². The molecule has 2 rings (SSSR count). The van der Waals surface area contributed by atoms with E-state index in [1.54, 1.807) is 0 Å². The zero-order chi connectivity index (χ0) is 8.77. The molecule has 0 spiro atoms. The molecule has 1 saturated carbocycles. The molecule has 0 aromatic carbocycles. The number of hydrogen-bond acceptors (Lipinski definition) is 1. The summed E-state index contributed by atoms with van der Waals surface area (Å²) in [5, 5.41) is 0. The highest BCUT2D eigenvalue weighted by Crippen LogP contribution is 2.42. The molecule has 0 unspecified atom stereocenters. The lowest BCUT2D eigenvalue weighted by Gasteiger charge is -2.11. The predicted molar refractivity (Wildman–Crippen MR) is 48.8 cm³/mol. The number of carbonyl (C=O) groups excluding carboxylic acids is 1. The van der Waals surface area contributed by atoms with Crippen molar-refractivity contribution in [2.45, 2.75) is 33.1 Å². The quantitative estimate of drug-likeness (QED) is 0.535. The van der Waals surface area contributed by atoms with E-state index in [9.17, 15) is 4.79 Å². The van der Waals surface area contributed by atoms with Gasteiger partial charge in [0.1, 0.15) is 0 Å². The lowest BCUT2D eigenvalue weighted by atomic mass is 9.90. The Morgan fingerprint density at radius 2 is 1.92 bits per heavy atom. The number of ketones is 1. The van der Waals surface area contributed by atoms with Gasteiger partial charge in [0.2, 0.25) is 0 Å². The SMILES string of the molecule is CC1(C)CC2=CCCC=C2C1=O. The van der Waals surface area contributed by atoms with E-state index in [1.165, 1.54) is 5.57 Å². The third-order valence-corrected chi connectivity index (χ3v) is 2.74. The number of Topliss-reactive ketones (excluding diaryl/α,β-unsaturated/α-hetero) is 1. The van der Waals surface area contributed by atoms with Gasteiger partial charge in [-0.15, -0.1) is 0 Å². The fourth-order valence-electron chi connectivity index (χ4n) is 2.05. The van der Waals surface area contributed by atoms with Crippen LogP contribution in [0.15, 0.2) is 23.3 Å². The normalized spacial score (nSPS) is 26.3. The Kier molecular flexibility index (Phi) is 1.50. The topological polar surface area (TPSA) is 17.1 Å². The maximum Gasteiger partial charge on any atom is 0.168 e. The van der Waals surface area contributed by atoms with Crippen LogP contribution >= 0.6 is 0 Å². The molecule has 1 nitrogen and oxygen atoms in total. The maximum atomic E-state index is 11.8. The van der Waals surface area contributed by atoms with E-state index >= 15 is 0 Å². The molecule has 0 aliphatic heterocycles. The molecule has 1 fully saturated rings. The second-order valence-corrected chi connectivity index (χ2v) is 4.31. The number of allylic oxidation sites excluding steroid dienone is 4. The number of rotatable bonds is 0. The molecule has 0 saturated heterocycles. The van der Waals surface area contributed by atoms with E-state index in [1.807, 2.05) is 13.8 Å². The average molecular weight is 162 g/mol. The third-order valence-electron chi connectivity index (χ3n) is 2.74. The largest absolute Gasteiger partial charge is 0.294 e. The van der Waals surface area contributed by atoms with Gasteiger partial charge in [0.25, 0.3) is 0 Å². The van der Waals surface area contributed by atoms with Crippen LogP contribution in [0.25, 0.3) is 0 Å². The van der Waals surface area contributed by atoms with E-state index in [0.29, 0.717) is 5.78 Å². The van der Waals surface area contributed by atoms with Crippen molar-refractivity contribution >= 4 is 5.78 Å². The van der Waals surface area contributed by atoms with Crippen molar-refractivity contribution in [2.24, 2.45) is 5.41 Å². The molecule has 64 valence electrons. The first-order chi connectivity index (χ1) is 5.61. The van der Waals surface area contributed by atoms with Crippen LogP contribution < -0.4 is 0 Å². The first-order valence-corrected chi connectivity index (χ1v) is 4.56. The second kappa shape index (κ2) is 2.32. The summed E-state index contributed by atoms with van der Waals surface area (Å²) in [6.45, 7) is 4.07. The van der Waals surface area contributed by atoms with E-state index in [0.717, 1.165) is 24.8 Å². The standard InChI is InChI=1S/C11H14O/c1-11(2)7-8-5-3-4-6-9(8)10(11)12/h5-6H,3-4,7H2,1-2H3. The maximum absolute atomic E-state index is 11.8. The molecule has 0 aromatic heterocycles. The summed E-state index contributed by atoms with van der Waals surface area (Å²) < 4.78 is 0. The molecule has 2 aliphatic rings. The Labute approximate surface area is 73.2 Å². The first-order valence-electron chi connectivity index (χ1n) is 4.56. The van der Waals surface area contributed by atoms with E-state index < -0.39 is 0 Å². The van der Waals surface area contributed by atoms with Crippen molar-refractivity contribution in [3.8, 4) is 0 Å². The number of hydrogen-bond donors (Lipinski definition) is 0. The van der Waals surface area contributed by atoms with Crippen LogP contribution in [0, 0.1) is 5.41 Å². The minimum Gasteiger partial charge on any atom is -0.294 e.